The first-order valence-corrected chi connectivity index (χ1v) is 9.98. The second-order valence-electron chi connectivity index (χ2n) is 7.62. The number of hydrogen-bond acceptors (Lipinski definition) is 6. The topological polar surface area (TPSA) is 125 Å². The van der Waals surface area contributed by atoms with Crippen molar-refractivity contribution in [2.75, 3.05) is 30.4 Å². The van der Waals surface area contributed by atoms with E-state index in [0.717, 1.165) is 11.1 Å². The summed E-state index contributed by atoms with van der Waals surface area (Å²) in [6, 6.07) is 12.1. The van der Waals surface area contributed by atoms with Crippen LogP contribution < -0.4 is 16.0 Å². The van der Waals surface area contributed by atoms with E-state index >= 15 is 0 Å². The number of rotatable bonds is 5. The molecule has 3 amide bonds. The Morgan fingerprint density at radius 2 is 2.00 bits per heavy atom. The van der Waals surface area contributed by atoms with Crippen LogP contribution in [0.5, 0.6) is 0 Å². The summed E-state index contributed by atoms with van der Waals surface area (Å²) >= 11 is 0. The van der Waals surface area contributed by atoms with Gasteiger partial charge >= 0.3 is 0 Å². The summed E-state index contributed by atoms with van der Waals surface area (Å²) in [5.74, 6) is -1.30. The number of aliphatic hydroxyl groups is 1. The summed E-state index contributed by atoms with van der Waals surface area (Å²) in [5.41, 5.74) is 9.00. The SMILES string of the molecule is CN1Cc2cc(N3CCO[C@H]([C@@H](O)C(=O)Nc4ccc(CN)cc4)C3=O)ccc2C1=O. The summed E-state index contributed by atoms with van der Waals surface area (Å²) < 4.78 is 5.44. The molecule has 2 aliphatic rings. The molecule has 9 nitrogen and oxygen atoms in total. The number of benzene rings is 2. The van der Waals surface area contributed by atoms with Crippen molar-refractivity contribution >= 4 is 29.1 Å². The number of amides is 3. The molecule has 1 saturated heterocycles. The minimum absolute atomic E-state index is 0.0562. The van der Waals surface area contributed by atoms with Gasteiger partial charge in [-0.25, -0.2) is 0 Å². The van der Waals surface area contributed by atoms with Crippen molar-refractivity contribution in [2.45, 2.75) is 25.3 Å². The normalized spacial score (nSPS) is 19.4. The molecule has 4 N–H and O–H groups in total. The van der Waals surface area contributed by atoms with Crippen molar-refractivity contribution in [3.63, 3.8) is 0 Å². The predicted molar refractivity (Wildman–Crippen MR) is 113 cm³/mol. The van der Waals surface area contributed by atoms with Crippen LogP contribution >= 0.6 is 0 Å². The summed E-state index contributed by atoms with van der Waals surface area (Å²) in [6.07, 6.45) is -3.00. The molecular weight excluding hydrogens is 400 g/mol. The molecule has 0 bridgehead atoms. The molecule has 0 unspecified atom stereocenters. The van der Waals surface area contributed by atoms with Crippen LogP contribution in [0.4, 0.5) is 11.4 Å². The Labute approximate surface area is 179 Å². The van der Waals surface area contributed by atoms with E-state index < -0.39 is 24.0 Å². The molecule has 2 aliphatic heterocycles. The Hall–Kier alpha value is -3.27. The summed E-state index contributed by atoms with van der Waals surface area (Å²) in [6.45, 7) is 1.30. The highest BCUT2D eigenvalue weighted by atomic mass is 16.5. The lowest BCUT2D eigenvalue weighted by molar-refractivity contribution is -0.150. The third-order valence-corrected chi connectivity index (χ3v) is 5.52. The second kappa shape index (κ2) is 8.46. The van der Waals surface area contributed by atoms with Crippen LogP contribution in [-0.2, 0) is 27.4 Å². The van der Waals surface area contributed by atoms with Gasteiger partial charge in [-0.05, 0) is 41.5 Å². The van der Waals surface area contributed by atoms with Crippen LogP contribution in [0.15, 0.2) is 42.5 Å². The smallest absolute Gasteiger partial charge is 0.259 e. The Kier molecular flexibility index (Phi) is 5.73. The fourth-order valence-electron chi connectivity index (χ4n) is 3.79. The quantitative estimate of drug-likeness (QED) is 0.641. The molecule has 0 saturated carbocycles. The highest BCUT2D eigenvalue weighted by Crippen LogP contribution is 2.28. The zero-order valence-corrected chi connectivity index (χ0v) is 17.1. The average Bonchev–Trinajstić information content (AvgIpc) is 3.06. The third kappa shape index (κ3) is 4.02. The lowest BCUT2D eigenvalue weighted by atomic mass is 10.1. The predicted octanol–water partition coefficient (Wildman–Crippen LogP) is 0.462. The second-order valence-corrected chi connectivity index (χ2v) is 7.62. The molecule has 31 heavy (non-hydrogen) atoms. The summed E-state index contributed by atoms with van der Waals surface area (Å²) in [7, 11) is 1.72. The number of carbonyl (C=O) groups is 3. The van der Waals surface area contributed by atoms with Gasteiger partial charge in [0, 0.05) is 43.6 Å². The number of fused-ring (bicyclic) bond motifs is 1. The average molecular weight is 424 g/mol. The molecular formula is C22H24N4O5. The molecule has 0 aromatic heterocycles. The van der Waals surface area contributed by atoms with E-state index in [4.69, 9.17) is 10.5 Å². The zero-order valence-electron chi connectivity index (χ0n) is 17.1. The highest BCUT2D eigenvalue weighted by molar-refractivity contribution is 6.04. The number of nitrogens with one attached hydrogen (secondary N) is 1. The fourth-order valence-corrected chi connectivity index (χ4v) is 3.79. The van der Waals surface area contributed by atoms with Crippen molar-refractivity contribution in [3.05, 3.63) is 59.2 Å². The van der Waals surface area contributed by atoms with Gasteiger partial charge in [0.1, 0.15) is 0 Å². The summed E-state index contributed by atoms with van der Waals surface area (Å²) in [5, 5.41) is 13.1. The number of nitrogens with two attached hydrogens (primary N) is 1. The highest BCUT2D eigenvalue weighted by Gasteiger charge is 2.39. The van der Waals surface area contributed by atoms with Gasteiger partial charge in [-0.15, -0.1) is 0 Å². The van der Waals surface area contributed by atoms with Gasteiger partial charge < -0.3 is 30.7 Å². The maximum Gasteiger partial charge on any atom is 0.259 e. The van der Waals surface area contributed by atoms with Crippen LogP contribution in [0.25, 0.3) is 0 Å². The van der Waals surface area contributed by atoms with Crippen LogP contribution in [0.1, 0.15) is 21.5 Å². The number of ether oxygens (including phenoxy) is 1. The lowest BCUT2D eigenvalue weighted by Crippen LogP contribution is -2.55. The Morgan fingerprint density at radius 3 is 2.71 bits per heavy atom. The van der Waals surface area contributed by atoms with Gasteiger partial charge in [-0.3, -0.25) is 14.4 Å². The van der Waals surface area contributed by atoms with Crippen molar-refractivity contribution in [2.24, 2.45) is 5.73 Å². The van der Waals surface area contributed by atoms with Crippen molar-refractivity contribution in [1.29, 1.82) is 0 Å². The Bertz CT molecular complexity index is 1020. The molecule has 2 aromatic carbocycles. The van der Waals surface area contributed by atoms with Crippen molar-refractivity contribution in [1.82, 2.24) is 4.90 Å². The molecule has 162 valence electrons. The molecule has 0 radical (unpaired) electrons. The Balaban J connectivity index is 1.47. The van der Waals surface area contributed by atoms with Crippen molar-refractivity contribution in [3.8, 4) is 0 Å². The minimum atomic E-state index is -1.67. The van der Waals surface area contributed by atoms with Gasteiger partial charge in [0.15, 0.2) is 12.2 Å². The van der Waals surface area contributed by atoms with E-state index in [2.05, 4.69) is 5.32 Å². The van der Waals surface area contributed by atoms with Crippen LogP contribution in [0.3, 0.4) is 0 Å². The largest absolute Gasteiger partial charge is 0.380 e. The van der Waals surface area contributed by atoms with E-state index in [1.807, 2.05) is 0 Å². The van der Waals surface area contributed by atoms with Gasteiger partial charge in [-0.2, -0.15) is 0 Å². The van der Waals surface area contributed by atoms with E-state index in [1.54, 1.807) is 54.4 Å². The molecule has 0 spiro atoms. The Morgan fingerprint density at radius 1 is 1.26 bits per heavy atom. The maximum atomic E-state index is 13.0. The lowest BCUT2D eigenvalue weighted by Gasteiger charge is -2.34. The van der Waals surface area contributed by atoms with Gasteiger partial charge in [0.2, 0.25) is 0 Å². The number of anilines is 2. The number of nitrogens with zero attached hydrogens (tertiary/aromatic N) is 2. The van der Waals surface area contributed by atoms with Crippen LogP contribution in [0, 0.1) is 0 Å². The van der Waals surface area contributed by atoms with Gasteiger partial charge in [0.05, 0.1) is 6.61 Å². The molecule has 2 atom stereocenters. The maximum absolute atomic E-state index is 13.0. The molecule has 9 heteroatoms. The van der Waals surface area contributed by atoms with Crippen LogP contribution in [-0.4, -0.2) is 60.1 Å². The molecule has 0 aliphatic carbocycles. The first kappa shape index (κ1) is 21.0. The van der Waals surface area contributed by atoms with Crippen LogP contribution in [0.2, 0.25) is 0 Å². The number of carbonyl (C=O) groups excluding carboxylic acids is 3. The van der Waals surface area contributed by atoms with E-state index in [-0.39, 0.29) is 19.1 Å². The van der Waals surface area contributed by atoms with Gasteiger partial charge in [-0.1, -0.05) is 12.1 Å². The molecule has 2 aromatic rings. The molecule has 1 fully saturated rings. The molecule has 4 rings (SSSR count). The van der Waals surface area contributed by atoms with Crippen molar-refractivity contribution < 1.29 is 24.2 Å². The first-order chi connectivity index (χ1) is 14.9. The standard InChI is InChI=1S/C22H24N4O5/c1-25-12-14-10-16(6-7-17(14)21(25)29)26-8-9-31-19(22(26)30)18(27)20(28)24-15-4-2-13(11-23)3-5-15/h2-7,10,18-19,27H,8-9,11-12,23H2,1H3,(H,24,28)/t18-,19-/m1/s1. The zero-order chi connectivity index (χ0) is 22.1. The monoisotopic (exact) mass is 424 g/mol. The molecule has 2 heterocycles. The number of hydrogen-bond donors (Lipinski definition) is 3. The minimum Gasteiger partial charge on any atom is -0.380 e. The fraction of sp³-hybridized carbons (Fsp3) is 0.318. The third-order valence-electron chi connectivity index (χ3n) is 5.52. The van der Waals surface area contributed by atoms with E-state index in [0.29, 0.717) is 30.0 Å². The summed E-state index contributed by atoms with van der Waals surface area (Å²) in [4.78, 5) is 40.7. The van der Waals surface area contributed by atoms with E-state index in [1.165, 1.54) is 4.90 Å². The number of aliphatic hydroxyl groups excluding tert-OH is 1. The number of morpholine rings is 1. The van der Waals surface area contributed by atoms with E-state index in [9.17, 15) is 19.5 Å². The van der Waals surface area contributed by atoms with Gasteiger partial charge in [0.25, 0.3) is 17.7 Å². The first-order valence-electron chi connectivity index (χ1n) is 9.98.